The largest absolute Gasteiger partial charge is 0.489 e. The molecule has 0 amide bonds. The van der Waals surface area contributed by atoms with Gasteiger partial charge in [-0.1, -0.05) is 11.6 Å². The fourth-order valence-corrected chi connectivity index (χ4v) is 1.56. The molecule has 1 aromatic rings. The van der Waals surface area contributed by atoms with Gasteiger partial charge < -0.3 is 10.1 Å². The van der Waals surface area contributed by atoms with Crippen molar-refractivity contribution in [3.8, 4) is 5.75 Å². The third-order valence-electron chi connectivity index (χ3n) is 2.50. The zero-order valence-corrected chi connectivity index (χ0v) is 9.93. The maximum Gasteiger partial charge on any atom is 0.145 e. The van der Waals surface area contributed by atoms with Gasteiger partial charge in [-0.25, -0.2) is 4.39 Å². The van der Waals surface area contributed by atoms with E-state index in [0.717, 1.165) is 6.54 Å². The van der Waals surface area contributed by atoms with Crippen molar-refractivity contribution in [2.45, 2.75) is 31.9 Å². The van der Waals surface area contributed by atoms with Crippen molar-refractivity contribution in [1.29, 1.82) is 0 Å². The van der Waals surface area contributed by atoms with Crippen molar-refractivity contribution >= 4 is 11.6 Å². The number of hydrogen-bond acceptors (Lipinski definition) is 2. The monoisotopic (exact) mass is 243 g/mol. The molecule has 1 aliphatic carbocycles. The Bertz CT molecular complexity index is 368. The highest BCUT2D eigenvalue weighted by Gasteiger charge is 2.21. The lowest BCUT2D eigenvalue weighted by atomic mass is 10.3. The second-order valence-corrected chi connectivity index (χ2v) is 4.59. The summed E-state index contributed by atoms with van der Waals surface area (Å²) < 4.78 is 18.7. The van der Waals surface area contributed by atoms with Gasteiger partial charge in [-0.05, 0) is 31.9 Å². The summed E-state index contributed by atoms with van der Waals surface area (Å²) in [5, 5.41) is 3.48. The number of rotatable bonds is 5. The average Bonchev–Trinajstić information content (AvgIpc) is 3.04. The van der Waals surface area contributed by atoms with E-state index in [4.69, 9.17) is 16.3 Å². The van der Waals surface area contributed by atoms with Crippen molar-refractivity contribution < 1.29 is 9.13 Å². The lowest BCUT2D eigenvalue weighted by Crippen LogP contribution is -2.30. The Morgan fingerprint density at radius 3 is 2.94 bits per heavy atom. The van der Waals surface area contributed by atoms with E-state index in [1.165, 1.54) is 25.0 Å². The van der Waals surface area contributed by atoms with Crippen LogP contribution in [0.3, 0.4) is 0 Å². The molecule has 0 saturated heterocycles. The molecule has 0 aromatic heterocycles. The predicted molar refractivity (Wildman–Crippen MR) is 62.5 cm³/mol. The van der Waals surface area contributed by atoms with E-state index in [1.807, 2.05) is 6.92 Å². The van der Waals surface area contributed by atoms with Crippen LogP contribution in [-0.2, 0) is 0 Å². The molecule has 0 radical (unpaired) electrons. The summed E-state index contributed by atoms with van der Waals surface area (Å²) in [6, 6.07) is 5.16. The van der Waals surface area contributed by atoms with Crippen LogP contribution >= 0.6 is 11.6 Å². The maximum absolute atomic E-state index is 13.1. The zero-order valence-electron chi connectivity index (χ0n) is 9.17. The van der Waals surface area contributed by atoms with Gasteiger partial charge in [0, 0.05) is 18.7 Å². The van der Waals surface area contributed by atoms with Gasteiger partial charge in [0.25, 0.3) is 0 Å². The van der Waals surface area contributed by atoms with Crippen LogP contribution in [0.1, 0.15) is 19.8 Å². The van der Waals surface area contributed by atoms with E-state index in [-0.39, 0.29) is 11.1 Å². The normalized spacial score (nSPS) is 17.2. The third-order valence-corrected chi connectivity index (χ3v) is 2.81. The number of halogens is 2. The van der Waals surface area contributed by atoms with E-state index in [2.05, 4.69) is 5.32 Å². The SMILES string of the molecule is CC(CNC1CC1)Oc1ccc(Cl)c(F)c1. The van der Waals surface area contributed by atoms with Crippen LogP contribution in [0.2, 0.25) is 5.02 Å². The van der Waals surface area contributed by atoms with Crippen LogP contribution in [0.4, 0.5) is 4.39 Å². The highest BCUT2D eigenvalue weighted by atomic mass is 35.5. The Labute approximate surface area is 99.7 Å². The molecule has 0 aliphatic heterocycles. The number of hydrogen-bond donors (Lipinski definition) is 1. The van der Waals surface area contributed by atoms with E-state index < -0.39 is 5.82 Å². The van der Waals surface area contributed by atoms with Gasteiger partial charge in [0.2, 0.25) is 0 Å². The van der Waals surface area contributed by atoms with Gasteiger partial charge in [-0.2, -0.15) is 0 Å². The fraction of sp³-hybridized carbons (Fsp3) is 0.500. The van der Waals surface area contributed by atoms with Gasteiger partial charge in [0.15, 0.2) is 0 Å². The van der Waals surface area contributed by atoms with Crippen molar-refractivity contribution in [2.75, 3.05) is 6.54 Å². The molecule has 4 heteroatoms. The predicted octanol–water partition coefficient (Wildman–Crippen LogP) is 3.00. The second kappa shape index (κ2) is 5.02. The molecule has 1 aliphatic rings. The van der Waals surface area contributed by atoms with Crippen LogP contribution in [0.25, 0.3) is 0 Å². The molecular weight excluding hydrogens is 229 g/mol. The summed E-state index contributed by atoms with van der Waals surface area (Å²) in [5.74, 6) is 0.0773. The Hall–Kier alpha value is -0.800. The fourth-order valence-electron chi connectivity index (χ4n) is 1.44. The van der Waals surface area contributed by atoms with E-state index in [0.29, 0.717) is 11.8 Å². The van der Waals surface area contributed by atoms with E-state index in [1.54, 1.807) is 6.07 Å². The molecule has 0 heterocycles. The van der Waals surface area contributed by atoms with Gasteiger partial charge in [0.1, 0.15) is 17.7 Å². The van der Waals surface area contributed by atoms with Gasteiger partial charge >= 0.3 is 0 Å². The molecule has 1 saturated carbocycles. The first-order valence-corrected chi connectivity index (χ1v) is 5.88. The van der Waals surface area contributed by atoms with Gasteiger partial charge in [0.05, 0.1) is 5.02 Å². The molecule has 88 valence electrons. The topological polar surface area (TPSA) is 21.3 Å². The number of benzene rings is 1. The number of nitrogens with one attached hydrogen (secondary N) is 1. The third kappa shape index (κ3) is 3.35. The van der Waals surface area contributed by atoms with Crippen molar-refractivity contribution in [3.05, 3.63) is 29.0 Å². The molecule has 2 rings (SSSR count). The summed E-state index contributed by atoms with van der Waals surface area (Å²) in [6.07, 6.45) is 2.53. The minimum atomic E-state index is -0.443. The lowest BCUT2D eigenvalue weighted by molar-refractivity contribution is 0.216. The Kier molecular flexibility index (Phi) is 3.66. The summed E-state index contributed by atoms with van der Waals surface area (Å²) in [7, 11) is 0. The van der Waals surface area contributed by atoms with Crippen LogP contribution in [0, 0.1) is 5.82 Å². The molecule has 1 N–H and O–H groups in total. The minimum Gasteiger partial charge on any atom is -0.489 e. The van der Waals surface area contributed by atoms with Crippen molar-refractivity contribution in [1.82, 2.24) is 5.32 Å². The molecule has 16 heavy (non-hydrogen) atoms. The first kappa shape index (κ1) is 11.7. The van der Waals surface area contributed by atoms with Crippen LogP contribution in [-0.4, -0.2) is 18.7 Å². The van der Waals surface area contributed by atoms with Crippen molar-refractivity contribution in [3.63, 3.8) is 0 Å². The average molecular weight is 244 g/mol. The first-order valence-electron chi connectivity index (χ1n) is 5.50. The molecule has 1 atom stereocenters. The highest BCUT2D eigenvalue weighted by Crippen LogP contribution is 2.22. The van der Waals surface area contributed by atoms with E-state index in [9.17, 15) is 4.39 Å². The minimum absolute atomic E-state index is 0.0289. The van der Waals surface area contributed by atoms with Crippen molar-refractivity contribution in [2.24, 2.45) is 0 Å². The van der Waals surface area contributed by atoms with Gasteiger partial charge in [-0.15, -0.1) is 0 Å². The molecule has 1 fully saturated rings. The van der Waals surface area contributed by atoms with E-state index >= 15 is 0 Å². The summed E-state index contributed by atoms with van der Waals surface area (Å²) in [6.45, 7) is 2.75. The molecule has 1 unspecified atom stereocenters. The van der Waals surface area contributed by atoms with Crippen LogP contribution < -0.4 is 10.1 Å². The Morgan fingerprint density at radius 1 is 1.56 bits per heavy atom. The maximum atomic E-state index is 13.1. The first-order chi connectivity index (χ1) is 7.65. The summed E-state index contributed by atoms with van der Waals surface area (Å²) in [4.78, 5) is 0. The summed E-state index contributed by atoms with van der Waals surface area (Å²) >= 11 is 5.59. The second-order valence-electron chi connectivity index (χ2n) is 4.19. The Morgan fingerprint density at radius 2 is 2.31 bits per heavy atom. The standard InChI is InChI=1S/C12H15ClFNO/c1-8(7-15-9-2-3-9)16-10-4-5-11(13)12(14)6-10/h4-6,8-9,15H,2-3,7H2,1H3. The molecular formula is C12H15ClFNO. The molecule has 1 aromatic carbocycles. The van der Waals surface area contributed by atoms with Crippen LogP contribution in [0.5, 0.6) is 5.75 Å². The smallest absolute Gasteiger partial charge is 0.145 e. The van der Waals surface area contributed by atoms with Gasteiger partial charge in [-0.3, -0.25) is 0 Å². The highest BCUT2D eigenvalue weighted by molar-refractivity contribution is 6.30. The van der Waals surface area contributed by atoms with Crippen LogP contribution in [0.15, 0.2) is 18.2 Å². The molecule has 0 bridgehead atoms. The zero-order chi connectivity index (χ0) is 11.5. The quantitative estimate of drug-likeness (QED) is 0.859. The number of ether oxygens (including phenoxy) is 1. The Balaban J connectivity index is 1.84. The summed E-state index contributed by atoms with van der Waals surface area (Å²) in [5.41, 5.74) is 0. The molecule has 2 nitrogen and oxygen atoms in total. The lowest BCUT2D eigenvalue weighted by Gasteiger charge is -2.15. The molecule has 0 spiro atoms.